The average molecular weight is 245 g/mol. The fourth-order valence-electron chi connectivity index (χ4n) is 2.51. The number of aliphatic hydroxyl groups excluding tert-OH is 1. The summed E-state index contributed by atoms with van der Waals surface area (Å²) in [6, 6.07) is 0. The summed E-state index contributed by atoms with van der Waals surface area (Å²) in [6.45, 7) is 7.93. The standard InChI is InChI=1S/C13H27NOS/c1-4-14-13(10-15)7-5-6-12(8-13)16-9-11(2)3/h11-12,14-15H,4-10H2,1-3H3. The van der Waals surface area contributed by atoms with E-state index in [2.05, 4.69) is 37.8 Å². The molecule has 3 heteroatoms. The molecule has 1 aliphatic carbocycles. The molecule has 0 aromatic carbocycles. The van der Waals surface area contributed by atoms with Gasteiger partial charge in [0.1, 0.15) is 0 Å². The third-order valence-corrected chi connectivity index (χ3v) is 5.05. The first kappa shape index (κ1) is 14.3. The summed E-state index contributed by atoms with van der Waals surface area (Å²) in [7, 11) is 0. The van der Waals surface area contributed by atoms with Gasteiger partial charge in [0.25, 0.3) is 0 Å². The molecule has 2 nitrogen and oxygen atoms in total. The number of nitrogens with one attached hydrogen (secondary N) is 1. The Labute approximate surface area is 105 Å². The average Bonchev–Trinajstić information content (AvgIpc) is 2.27. The first-order chi connectivity index (χ1) is 7.62. The number of hydrogen-bond acceptors (Lipinski definition) is 3. The summed E-state index contributed by atoms with van der Waals surface area (Å²) in [5.74, 6) is 2.02. The molecule has 1 rings (SSSR count). The number of hydrogen-bond donors (Lipinski definition) is 2. The van der Waals surface area contributed by atoms with Crippen molar-refractivity contribution in [3.63, 3.8) is 0 Å². The minimum Gasteiger partial charge on any atom is -0.394 e. The zero-order valence-electron chi connectivity index (χ0n) is 11.0. The lowest BCUT2D eigenvalue weighted by Crippen LogP contribution is -2.52. The number of aliphatic hydroxyl groups is 1. The molecule has 0 radical (unpaired) electrons. The Kier molecular flexibility index (Phi) is 6.16. The lowest BCUT2D eigenvalue weighted by molar-refractivity contribution is 0.125. The SMILES string of the molecule is CCNC1(CO)CCCC(SCC(C)C)C1. The fraction of sp³-hybridized carbons (Fsp3) is 1.00. The predicted molar refractivity (Wildman–Crippen MR) is 73.0 cm³/mol. The van der Waals surface area contributed by atoms with Gasteiger partial charge in [-0.2, -0.15) is 11.8 Å². The van der Waals surface area contributed by atoms with Gasteiger partial charge in [0, 0.05) is 10.8 Å². The number of likely N-dealkylation sites (N-methyl/N-ethyl adjacent to an activating group) is 1. The van der Waals surface area contributed by atoms with Gasteiger partial charge in [0.05, 0.1) is 6.61 Å². The monoisotopic (exact) mass is 245 g/mol. The van der Waals surface area contributed by atoms with Gasteiger partial charge in [-0.3, -0.25) is 0 Å². The highest BCUT2D eigenvalue weighted by atomic mass is 32.2. The van der Waals surface area contributed by atoms with E-state index in [1.165, 1.54) is 18.6 Å². The maximum absolute atomic E-state index is 9.60. The van der Waals surface area contributed by atoms with Crippen molar-refractivity contribution in [2.24, 2.45) is 5.92 Å². The van der Waals surface area contributed by atoms with E-state index in [0.29, 0.717) is 6.61 Å². The molecule has 16 heavy (non-hydrogen) atoms. The van der Waals surface area contributed by atoms with Gasteiger partial charge in [0.2, 0.25) is 0 Å². The fourth-order valence-corrected chi connectivity index (χ4v) is 3.94. The van der Waals surface area contributed by atoms with Gasteiger partial charge in [0.15, 0.2) is 0 Å². The molecule has 0 heterocycles. The minimum atomic E-state index is 0.0155. The molecule has 1 fully saturated rings. The van der Waals surface area contributed by atoms with Crippen molar-refractivity contribution < 1.29 is 5.11 Å². The number of rotatable bonds is 6. The van der Waals surface area contributed by atoms with Crippen molar-refractivity contribution in [1.82, 2.24) is 5.32 Å². The first-order valence-electron chi connectivity index (χ1n) is 6.59. The second-order valence-corrected chi connectivity index (χ2v) is 6.75. The third-order valence-electron chi connectivity index (χ3n) is 3.32. The quantitative estimate of drug-likeness (QED) is 0.754. The highest BCUT2D eigenvalue weighted by Crippen LogP contribution is 2.35. The van der Waals surface area contributed by atoms with Crippen LogP contribution < -0.4 is 5.32 Å². The van der Waals surface area contributed by atoms with Crippen LogP contribution in [-0.4, -0.2) is 34.8 Å². The van der Waals surface area contributed by atoms with Crippen molar-refractivity contribution in [3.05, 3.63) is 0 Å². The maximum atomic E-state index is 9.60. The van der Waals surface area contributed by atoms with Crippen LogP contribution in [0, 0.1) is 5.92 Å². The van der Waals surface area contributed by atoms with Gasteiger partial charge < -0.3 is 10.4 Å². The molecule has 0 aromatic rings. The predicted octanol–water partition coefficient (Wildman–Crippen LogP) is 2.66. The van der Waals surface area contributed by atoms with E-state index in [-0.39, 0.29) is 5.54 Å². The maximum Gasteiger partial charge on any atom is 0.0613 e. The van der Waals surface area contributed by atoms with E-state index in [0.717, 1.165) is 30.6 Å². The molecule has 2 atom stereocenters. The molecule has 0 saturated heterocycles. The molecule has 0 spiro atoms. The van der Waals surface area contributed by atoms with Crippen LogP contribution in [0.15, 0.2) is 0 Å². The topological polar surface area (TPSA) is 32.3 Å². The second-order valence-electron chi connectivity index (χ2n) is 5.41. The van der Waals surface area contributed by atoms with Gasteiger partial charge in [-0.05, 0) is 37.5 Å². The van der Waals surface area contributed by atoms with Gasteiger partial charge in [-0.15, -0.1) is 0 Å². The van der Waals surface area contributed by atoms with E-state index in [4.69, 9.17) is 0 Å². The minimum absolute atomic E-state index is 0.0155. The zero-order valence-corrected chi connectivity index (χ0v) is 11.8. The van der Waals surface area contributed by atoms with Crippen LogP contribution in [0.1, 0.15) is 46.5 Å². The van der Waals surface area contributed by atoms with Crippen molar-refractivity contribution >= 4 is 11.8 Å². The lowest BCUT2D eigenvalue weighted by Gasteiger charge is -2.40. The molecule has 0 bridgehead atoms. The molecule has 1 saturated carbocycles. The Morgan fingerprint density at radius 2 is 2.25 bits per heavy atom. The zero-order chi connectivity index (χ0) is 12.0. The highest BCUT2D eigenvalue weighted by Gasteiger charge is 2.35. The van der Waals surface area contributed by atoms with Crippen LogP contribution in [0.4, 0.5) is 0 Å². The van der Waals surface area contributed by atoms with Gasteiger partial charge in [-0.1, -0.05) is 27.2 Å². The van der Waals surface area contributed by atoms with E-state index < -0.39 is 0 Å². The van der Waals surface area contributed by atoms with Crippen molar-refractivity contribution in [2.45, 2.75) is 57.2 Å². The Hall–Kier alpha value is 0.270. The molecule has 96 valence electrons. The van der Waals surface area contributed by atoms with Crippen molar-refractivity contribution in [3.8, 4) is 0 Å². The summed E-state index contributed by atoms with van der Waals surface area (Å²) < 4.78 is 0. The van der Waals surface area contributed by atoms with E-state index in [1.54, 1.807) is 0 Å². The van der Waals surface area contributed by atoms with Crippen molar-refractivity contribution in [1.29, 1.82) is 0 Å². The van der Waals surface area contributed by atoms with Crippen LogP contribution in [0.3, 0.4) is 0 Å². The molecular formula is C13H27NOS. The van der Waals surface area contributed by atoms with E-state index >= 15 is 0 Å². The Bertz CT molecular complexity index is 194. The van der Waals surface area contributed by atoms with E-state index in [1.807, 2.05) is 0 Å². The van der Waals surface area contributed by atoms with Crippen LogP contribution in [0.5, 0.6) is 0 Å². The Balaban J connectivity index is 2.44. The van der Waals surface area contributed by atoms with Crippen molar-refractivity contribution in [2.75, 3.05) is 18.9 Å². The third kappa shape index (κ3) is 4.27. The molecular weight excluding hydrogens is 218 g/mol. The Morgan fingerprint density at radius 1 is 1.50 bits per heavy atom. The van der Waals surface area contributed by atoms with Gasteiger partial charge >= 0.3 is 0 Å². The first-order valence-corrected chi connectivity index (χ1v) is 7.64. The summed E-state index contributed by atoms with van der Waals surface area (Å²) in [4.78, 5) is 0. The molecule has 1 aliphatic rings. The summed E-state index contributed by atoms with van der Waals surface area (Å²) in [6.07, 6.45) is 4.85. The normalized spacial score (nSPS) is 30.9. The van der Waals surface area contributed by atoms with Crippen LogP contribution in [0.2, 0.25) is 0 Å². The summed E-state index contributed by atoms with van der Waals surface area (Å²) in [5.41, 5.74) is 0.0155. The van der Waals surface area contributed by atoms with Gasteiger partial charge in [-0.25, -0.2) is 0 Å². The van der Waals surface area contributed by atoms with E-state index in [9.17, 15) is 5.11 Å². The Morgan fingerprint density at radius 3 is 2.81 bits per heavy atom. The lowest BCUT2D eigenvalue weighted by atomic mass is 9.82. The highest BCUT2D eigenvalue weighted by molar-refractivity contribution is 7.99. The largest absolute Gasteiger partial charge is 0.394 e. The molecule has 0 aromatic heterocycles. The smallest absolute Gasteiger partial charge is 0.0613 e. The second kappa shape index (κ2) is 6.87. The summed E-state index contributed by atoms with van der Waals surface area (Å²) >= 11 is 2.10. The number of thioether (sulfide) groups is 1. The van der Waals surface area contributed by atoms with Crippen LogP contribution in [-0.2, 0) is 0 Å². The van der Waals surface area contributed by atoms with Crippen LogP contribution in [0.25, 0.3) is 0 Å². The summed E-state index contributed by atoms with van der Waals surface area (Å²) in [5, 5.41) is 13.8. The molecule has 0 aliphatic heterocycles. The molecule has 0 amide bonds. The molecule has 2 N–H and O–H groups in total. The molecule has 2 unspecified atom stereocenters. The van der Waals surface area contributed by atoms with Crippen LogP contribution >= 0.6 is 11.8 Å².